The first-order valence-corrected chi connectivity index (χ1v) is 6.02. The highest BCUT2D eigenvalue weighted by atomic mass is 14.2. The predicted octanol–water partition coefficient (Wildman–Crippen LogP) is 4.13. The molecule has 0 amide bonds. The summed E-state index contributed by atoms with van der Waals surface area (Å²) in [4.78, 5) is 0. The molecule has 0 atom stereocenters. The zero-order valence-electron chi connectivity index (χ0n) is 9.65. The summed E-state index contributed by atoms with van der Waals surface area (Å²) in [5.41, 5.74) is 2.42. The van der Waals surface area contributed by atoms with E-state index < -0.39 is 0 Å². The summed E-state index contributed by atoms with van der Waals surface area (Å²) in [7, 11) is 0. The molecule has 1 saturated carbocycles. The minimum atomic E-state index is 0.725. The number of hydrogen-bond donors (Lipinski definition) is 0. The maximum atomic E-state index is 5.35. The molecule has 0 aliphatic heterocycles. The Bertz CT molecular complexity index is 383. The Labute approximate surface area is 98.4 Å². The van der Waals surface area contributed by atoms with Crippen molar-refractivity contribution < 1.29 is 0 Å². The van der Waals surface area contributed by atoms with Crippen molar-refractivity contribution in [2.45, 2.75) is 31.6 Å². The van der Waals surface area contributed by atoms with Gasteiger partial charge in [0.25, 0.3) is 0 Å². The fourth-order valence-electron chi connectivity index (χ4n) is 2.54. The van der Waals surface area contributed by atoms with Crippen LogP contribution in [0.4, 0.5) is 0 Å². The van der Waals surface area contributed by atoms with Crippen LogP contribution >= 0.6 is 0 Å². The highest BCUT2D eigenvalue weighted by molar-refractivity contribution is 5.35. The molecular formula is C16H18. The monoisotopic (exact) mass is 210 g/mol. The number of allylic oxidation sites excluding steroid dienone is 1. The molecular weight excluding hydrogens is 192 g/mol. The zero-order chi connectivity index (χ0) is 11.4. The van der Waals surface area contributed by atoms with Crippen LogP contribution in [-0.4, -0.2) is 0 Å². The number of hydrogen-bond acceptors (Lipinski definition) is 0. The van der Waals surface area contributed by atoms with Crippen molar-refractivity contribution in [1.82, 2.24) is 0 Å². The molecule has 1 fully saturated rings. The number of terminal acetylenes is 1. The molecule has 82 valence electrons. The van der Waals surface area contributed by atoms with Crippen LogP contribution in [0.5, 0.6) is 0 Å². The Balaban J connectivity index is 2.03. The molecule has 16 heavy (non-hydrogen) atoms. The van der Waals surface area contributed by atoms with E-state index in [-0.39, 0.29) is 0 Å². The molecule has 1 aromatic rings. The van der Waals surface area contributed by atoms with Gasteiger partial charge in [-0.25, -0.2) is 0 Å². The van der Waals surface area contributed by atoms with E-state index in [0.717, 1.165) is 17.4 Å². The minimum Gasteiger partial charge on any atom is -0.115 e. The lowest BCUT2D eigenvalue weighted by Gasteiger charge is -2.26. The van der Waals surface area contributed by atoms with Gasteiger partial charge in [0.2, 0.25) is 0 Å². The van der Waals surface area contributed by atoms with Gasteiger partial charge in [-0.2, -0.15) is 0 Å². The number of rotatable bonds is 2. The fourth-order valence-corrected chi connectivity index (χ4v) is 2.54. The van der Waals surface area contributed by atoms with E-state index in [0.29, 0.717) is 0 Å². The summed E-state index contributed by atoms with van der Waals surface area (Å²) in [6.07, 6.45) is 12.6. The van der Waals surface area contributed by atoms with Gasteiger partial charge in [-0.05, 0) is 55.2 Å². The van der Waals surface area contributed by atoms with Crippen LogP contribution in [0.3, 0.4) is 0 Å². The van der Waals surface area contributed by atoms with Gasteiger partial charge in [0.05, 0.1) is 0 Å². The van der Waals surface area contributed by atoms with Crippen LogP contribution < -0.4 is 0 Å². The first kappa shape index (κ1) is 11.0. The molecule has 0 unspecified atom stereocenters. The summed E-state index contributed by atoms with van der Waals surface area (Å²) in [6.45, 7) is 3.88. The van der Waals surface area contributed by atoms with E-state index in [2.05, 4.69) is 42.8 Å². The molecule has 1 aliphatic rings. The third-order valence-corrected chi connectivity index (χ3v) is 3.65. The standard InChI is InChI=1S/C16H18/c1-3-13-5-9-15(10-6-13)16-11-7-14(4-2)8-12-16/h1,4-6,9-10,14,16H,2,7-8,11-12H2/t14-,16-. The first-order chi connectivity index (χ1) is 7.83. The van der Waals surface area contributed by atoms with Crippen molar-refractivity contribution in [3.63, 3.8) is 0 Å². The smallest absolute Gasteiger partial charge is 0.0242 e. The lowest BCUT2D eigenvalue weighted by molar-refractivity contribution is 0.376. The predicted molar refractivity (Wildman–Crippen MR) is 69.3 cm³/mol. The molecule has 0 aromatic heterocycles. The lowest BCUT2D eigenvalue weighted by Crippen LogP contribution is -2.11. The summed E-state index contributed by atoms with van der Waals surface area (Å²) >= 11 is 0. The summed E-state index contributed by atoms with van der Waals surface area (Å²) in [5, 5.41) is 0. The highest BCUT2D eigenvalue weighted by Crippen LogP contribution is 2.35. The topological polar surface area (TPSA) is 0 Å². The van der Waals surface area contributed by atoms with E-state index in [4.69, 9.17) is 6.42 Å². The Hall–Kier alpha value is -1.48. The molecule has 2 rings (SSSR count). The average molecular weight is 210 g/mol. The van der Waals surface area contributed by atoms with Crippen molar-refractivity contribution in [2.24, 2.45) is 5.92 Å². The molecule has 0 N–H and O–H groups in total. The average Bonchev–Trinajstić information content (AvgIpc) is 2.39. The Morgan fingerprint density at radius 2 is 1.75 bits per heavy atom. The molecule has 0 saturated heterocycles. The molecule has 1 aliphatic carbocycles. The highest BCUT2D eigenvalue weighted by Gasteiger charge is 2.20. The molecule has 0 radical (unpaired) electrons. The Morgan fingerprint density at radius 1 is 1.12 bits per heavy atom. The van der Waals surface area contributed by atoms with E-state index in [1.807, 2.05) is 0 Å². The van der Waals surface area contributed by atoms with Crippen LogP contribution in [0.1, 0.15) is 42.7 Å². The quantitative estimate of drug-likeness (QED) is 0.508. The molecule has 0 nitrogen and oxygen atoms in total. The van der Waals surface area contributed by atoms with Gasteiger partial charge in [0.1, 0.15) is 0 Å². The van der Waals surface area contributed by atoms with Crippen molar-refractivity contribution in [3.05, 3.63) is 48.0 Å². The molecule has 0 heterocycles. The van der Waals surface area contributed by atoms with Crippen molar-refractivity contribution in [3.8, 4) is 12.3 Å². The van der Waals surface area contributed by atoms with Gasteiger partial charge in [0, 0.05) is 5.56 Å². The van der Waals surface area contributed by atoms with Gasteiger partial charge >= 0.3 is 0 Å². The van der Waals surface area contributed by atoms with Gasteiger partial charge < -0.3 is 0 Å². The largest absolute Gasteiger partial charge is 0.115 e. The van der Waals surface area contributed by atoms with Crippen molar-refractivity contribution in [2.75, 3.05) is 0 Å². The van der Waals surface area contributed by atoms with Crippen LogP contribution in [0.15, 0.2) is 36.9 Å². The Kier molecular flexibility index (Phi) is 3.47. The SMILES string of the molecule is C#Cc1ccc([C@H]2CC[C@H](C=C)CC2)cc1. The molecule has 1 aromatic carbocycles. The van der Waals surface area contributed by atoms with Gasteiger partial charge in [-0.3, -0.25) is 0 Å². The summed E-state index contributed by atoms with van der Waals surface area (Å²) in [6, 6.07) is 8.48. The second-order valence-corrected chi connectivity index (χ2v) is 4.61. The van der Waals surface area contributed by atoms with Crippen molar-refractivity contribution >= 4 is 0 Å². The van der Waals surface area contributed by atoms with Gasteiger partial charge in [-0.1, -0.05) is 24.1 Å². The van der Waals surface area contributed by atoms with Crippen molar-refractivity contribution in [1.29, 1.82) is 0 Å². The summed E-state index contributed by atoms with van der Waals surface area (Å²) in [5.74, 6) is 4.12. The normalized spacial score (nSPS) is 24.7. The zero-order valence-corrected chi connectivity index (χ0v) is 9.65. The van der Waals surface area contributed by atoms with E-state index in [1.165, 1.54) is 31.2 Å². The van der Waals surface area contributed by atoms with E-state index in [1.54, 1.807) is 0 Å². The second-order valence-electron chi connectivity index (χ2n) is 4.61. The summed E-state index contributed by atoms with van der Waals surface area (Å²) < 4.78 is 0. The maximum Gasteiger partial charge on any atom is 0.0242 e. The van der Waals surface area contributed by atoms with E-state index >= 15 is 0 Å². The second kappa shape index (κ2) is 5.03. The van der Waals surface area contributed by atoms with Crippen LogP contribution in [0.25, 0.3) is 0 Å². The number of benzene rings is 1. The molecule has 0 heteroatoms. The molecule has 0 spiro atoms. The van der Waals surface area contributed by atoms with E-state index in [9.17, 15) is 0 Å². The van der Waals surface area contributed by atoms with Crippen LogP contribution in [0, 0.1) is 18.3 Å². The minimum absolute atomic E-state index is 0.725. The third kappa shape index (κ3) is 2.36. The third-order valence-electron chi connectivity index (χ3n) is 3.65. The van der Waals surface area contributed by atoms with Crippen LogP contribution in [0.2, 0.25) is 0 Å². The Morgan fingerprint density at radius 3 is 2.25 bits per heavy atom. The fraction of sp³-hybridized carbons (Fsp3) is 0.375. The van der Waals surface area contributed by atoms with Gasteiger partial charge in [0.15, 0.2) is 0 Å². The van der Waals surface area contributed by atoms with Crippen LogP contribution in [-0.2, 0) is 0 Å². The molecule has 0 bridgehead atoms. The first-order valence-electron chi connectivity index (χ1n) is 6.02. The lowest BCUT2D eigenvalue weighted by atomic mass is 9.79. The maximum absolute atomic E-state index is 5.35. The van der Waals surface area contributed by atoms with Gasteiger partial charge in [-0.15, -0.1) is 13.0 Å².